The maximum absolute atomic E-state index is 12.6. The van der Waals surface area contributed by atoms with Crippen LogP contribution >= 0.6 is 0 Å². The Kier molecular flexibility index (Phi) is 7.12. The summed E-state index contributed by atoms with van der Waals surface area (Å²) in [7, 11) is 0.864. The minimum Gasteiger partial charge on any atom is -0.444 e. The van der Waals surface area contributed by atoms with E-state index in [4.69, 9.17) is 18.8 Å². The molecule has 1 saturated heterocycles. The van der Waals surface area contributed by atoms with Gasteiger partial charge in [-0.15, -0.1) is 0 Å². The van der Waals surface area contributed by atoms with Crippen LogP contribution in [0.5, 0.6) is 0 Å². The summed E-state index contributed by atoms with van der Waals surface area (Å²) in [5, 5.41) is 5.33. The van der Waals surface area contributed by atoms with Crippen LogP contribution in [-0.4, -0.2) is 61.6 Å². The van der Waals surface area contributed by atoms with Gasteiger partial charge in [0.15, 0.2) is 0 Å². The van der Waals surface area contributed by atoms with E-state index in [-0.39, 0.29) is 6.61 Å². The number of hydrogen-bond acceptors (Lipinski definition) is 6. The molecule has 1 rings (SSSR count). The van der Waals surface area contributed by atoms with Crippen molar-refractivity contribution in [3.8, 4) is 0 Å². The second-order valence-electron chi connectivity index (χ2n) is 8.58. The van der Waals surface area contributed by atoms with E-state index in [0.717, 1.165) is 0 Å². The molecule has 0 aliphatic carbocycles. The highest BCUT2D eigenvalue weighted by atomic mass is 16.7. The molecule has 0 aromatic heterocycles. The van der Waals surface area contributed by atoms with Crippen molar-refractivity contribution in [2.75, 3.05) is 13.7 Å². The minimum atomic E-state index is -0.889. The third-order valence-corrected chi connectivity index (χ3v) is 4.39. The van der Waals surface area contributed by atoms with Crippen LogP contribution in [0.15, 0.2) is 0 Å². The van der Waals surface area contributed by atoms with Gasteiger partial charge in [0.1, 0.15) is 11.6 Å². The van der Waals surface area contributed by atoms with Crippen molar-refractivity contribution < 1.29 is 28.4 Å². The monoisotopic (exact) mass is 372 g/mol. The molecule has 0 spiro atoms. The van der Waals surface area contributed by atoms with Gasteiger partial charge in [0.05, 0.1) is 23.8 Å². The molecule has 26 heavy (non-hydrogen) atoms. The second-order valence-corrected chi connectivity index (χ2v) is 8.58. The Balaban J connectivity index is 2.68. The standard InChI is InChI=1S/C17H33BN2O6/c1-11(18-25-16(5,6)17(7,8)26-18)19-13(21)12(10-23-9)20-14(22)24-15(2,3)4/h11-12H,10H2,1-9H3,(H,19,21)(H,20,22). The van der Waals surface area contributed by atoms with Crippen molar-refractivity contribution in [2.45, 2.75) is 84.2 Å². The molecule has 0 saturated carbocycles. The lowest BCUT2D eigenvalue weighted by molar-refractivity contribution is -0.124. The SMILES string of the molecule is COCC(NC(=O)OC(C)(C)C)C(=O)NC(C)B1OC(C)(C)C(C)(C)O1. The molecular formula is C17H33BN2O6. The Morgan fingerprint density at radius 1 is 1.08 bits per heavy atom. The van der Waals surface area contributed by atoms with Crippen molar-refractivity contribution in [1.29, 1.82) is 0 Å². The third kappa shape index (κ3) is 6.14. The molecule has 2 amide bonds. The maximum Gasteiger partial charge on any atom is 0.481 e. The van der Waals surface area contributed by atoms with Gasteiger partial charge >= 0.3 is 13.2 Å². The van der Waals surface area contributed by atoms with Gasteiger partial charge in [-0.1, -0.05) is 0 Å². The molecule has 2 unspecified atom stereocenters. The number of rotatable bonds is 6. The molecule has 0 bridgehead atoms. The molecule has 1 heterocycles. The van der Waals surface area contributed by atoms with E-state index < -0.39 is 47.9 Å². The van der Waals surface area contributed by atoms with Crippen LogP contribution in [0, 0.1) is 0 Å². The van der Waals surface area contributed by atoms with E-state index in [9.17, 15) is 9.59 Å². The maximum atomic E-state index is 12.6. The summed E-state index contributed by atoms with van der Waals surface area (Å²) < 4.78 is 22.1. The molecular weight excluding hydrogens is 339 g/mol. The Morgan fingerprint density at radius 2 is 1.58 bits per heavy atom. The van der Waals surface area contributed by atoms with Crippen LogP contribution in [0.1, 0.15) is 55.4 Å². The van der Waals surface area contributed by atoms with Crippen molar-refractivity contribution in [1.82, 2.24) is 10.6 Å². The lowest BCUT2D eigenvalue weighted by Crippen LogP contribution is -2.55. The first kappa shape index (κ1) is 22.7. The van der Waals surface area contributed by atoms with Gasteiger partial charge in [0.25, 0.3) is 0 Å². The van der Waals surface area contributed by atoms with Crippen LogP contribution < -0.4 is 10.6 Å². The largest absolute Gasteiger partial charge is 0.481 e. The number of methoxy groups -OCH3 is 1. The van der Waals surface area contributed by atoms with Crippen LogP contribution in [0.2, 0.25) is 0 Å². The highest BCUT2D eigenvalue weighted by Gasteiger charge is 2.53. The zero-order chi connectivity index (χ0) is 20.3. The van der Waals surface area contributed by atoms with E-state index in [2.05, 4.69) is 10.6 Å². The number of nitrogens with one attached hydrogen (secondary N) is 2. The van der Waals surface area contributed by atoms with Crippen LogP contribution in [0.4, 0.5) is 4.79 Å². The summed E-state index contributed by atoms with van der Waals surface area (Å²) in [5.74, 6) is -0.816. The lowest BCUT2D eigenvalue weighted by atomic mass is 9.79. The molecule has 0 radical (unpaired) electrons. The molecule has 1 fully saturated rings. The molecule has 2 N–H and O–H groups in total. The fourth-order valence-electron chi connectivity index (χ4n) is 2.29. The molecule has 9 heteroatoms. The fourth-order valence-corrected chi connectivity index (χ4v) is 2.29. The number of ether oxygens (including phenoxy) is 2. The first-order valence-corrected chi connectivity index (χ1v) is 8.83. The average Bonchev–Trinajstić information content (AvgIpc) is 2.65. The Labute approximate surface area is 156 Å². The number of hydrogen-bond donors (Lipinski definition) is 2. The highest BCUT2D eigenvalue weighted by molar-refractivity contribution is 6.47. The third-order valence-electron chi connectivity index (χ3n) is 4.39. The van der Waals surface area contributed by atoms with Crippen LogP contribution in [0.25, 0.3) is 0 Å². The lowest BCUT2D eigenvalue weighted by Gasteiger charge is -2.32. The van der Waals surface area contributed by atoms with Crippen molar-refractivity contribution >= 4 is 19.1 Å². The van der Waals surface area contributed by atoms with Gasteiger partial charge < -0.3 is 29.4 Å². The quantitative estimate of drug-likeness (QED) is 0.689. The molecule has 0 aromatic carbocycles. The first-order chi connectivity index (χ1) is 11.7. The minimum absolute atomic E-state index is 0.0150. The number of amides is 2. The van der Waals surface area contributed by atoms with Crippen LogP contribution in [-0.2, 0) is 23.6 Å². The Hall–Kier alpha value is -1.32. The summed E-state index contributed by atoms with van der Waals surface area (Å²) in [6.07, 6.45) is -0.682. The summed E-state index contributed by atoms with van der Waals surface area (Å²) in [4.78, 5) is 24.5. The Morgan fingerprint density at radius 3 is 2.00 bits per heavy atom. The summed E-state index contributed by atoms with van der Waals surface area (Å²) in [5.41, 5.74) is -1.64. The topological polar surface area (TPSA) is 95.1 Å². The van der Waals surface area contributed by atoms with Gasteiger partial charge in [-0.05, 0) is 55.4 Å². The van der Waals surface area contributed by atoms with Crippen molar-refractivity contribution in [2.24, 2.45) is 0 Å². The van der Waals surface area contributed by atoms with Gasteiger partial charge in [0.2, 0.25) is 5.91 Å². The van der Waals surface area contributed by atoms with Gasteiger partial charge in [-0.2, -0.15) is 0 Å². The Bertz CT molecular complexity index is 502. The predicted molar refractivity (Wildman–Crippen MR) is 98.7 cm³/mol. The average molecular weight is 372 g/mol. The van der Waals surface area contributed by atoms with E-state index in [1.807, 2.05) is 27.7 Å². The highest BCUT2D eigenvalue weighted by Crippen LogP contribution is 2.37. The number of carbonyl (C=O) groups is 2. The van der Waals surface area contributed by atoms with Gasteiger partial charge in [0, 0.05) is 7.11 Å². The molecule has 1 aliphatic heterocycles. The van der Waals surface area contributed by atoms with E-state index in [0.29, 0.717) is 0 Å². The normalized spacial score (nSPS) is 21.0. The summed E-state index contributed by atoms with van der Waals surface area (Å²) >= 11 is 0. The summed E-state index contributed by atoms with van der Waals surface area (Å²) in [6.45, 7) is 14.8. The smallest absolute Gasteiger partial charge is 0.444 e. The van der Waals surface area contributed by atoms with Gasteiger partial charge in [-0.25, -0.2) is 4.79 Å². The fraction of sp³-hybridized carbons (Fsp3) is 0.882. The zero-order valence-electron chi connectivity index (χ0n) is 17.4. The molecule has 150 valence electrons. The predicted octanol–water partition coefficient (Wildman–Crippen LogP) is 1.66. The second kappa shape index (κ2) is 8.14. The number of carbonyl (C=O) groups excluding carboxylic acids is 2. The zero-order valence-corrected chi connectivity index (χ0v) is 17.4. The van der Waals surface area contributed by atoms with E-state index in [1.165, 1.54) is 7.11 Å². The molecule has 0 aromatic rings. The molecule has 1 aliphatic rings. The van der Waals surface area contributed by atoms with Crippen molar-refractivity contribution in [3.05, 3.63) is 0 Å². The number of alkyl carbamates (subject to hydrolysis) is 1. The van der Waals surface area contributed by atoms with E-state index >= 15 is 0 Å². The van der Waals surface area contributed by atoms with Crippen LogP contribution in [0.3, 0.4) is 0 Å². The van der Waals surface area contributed by atoms with Crippen molar-refractivity contribution in [3.63, 3.8) is 0 Å². The van der Waals surface area contributed by atoms with E-state index in [1.54, 1.807) is 27.7 Å². The molecule has 8 nitrogen and oxygen atoms in total. The first-order valence-electron chi connectivity index (χ1n) is 8.83. The molecule has 2 atom stereocenters. The van der Waals surface area contributed by atoms with Gasteiger partial charge in [-0.3, -0.25) is 4.79 Å². The summed E-state index contributed by atoms with van der Waals surface area (Å²) in [6, 6.07) is -0.889.